The molecule has 0 aliphatic rings. The van der Waals surface area contributed by atoms with Crippen LogP contribution in [-0.2, 0) is 0 Å². The summed E-state index contributed by atoms with van der Waals surface area (Å²) in [6, 6.07) is 96.1. The van der Waals surface area contributed by atoms with E-state index in [-0.39, 0.29) is 0 Å². The molecule has 2 heterocycles. The van der Waals surface area contributed by atoms with Crippen molar-refractivity contribution in [1.29, 1.82) is 0 Å². The van der Waals surface area contributed by atoms with Gasteiger partial charge in [0.15, 0.2) is 0 Å². The Labute approximate surface area is 401 Å². The Morgan fingerprint density at radius 2 is 0.783 bits per heavy atom. The number of hydrogen-bond acceptors (Lipinski definition) is 2. The summed E-state index contributed by atoms with van der Waals surface area (Å²) in [7, 11) is 0. The molecular weight excluding hydrogens is 837 g/mol. The summed E-state index contributed by atoms with van der Waals surface area (Å²) >= 11 is 0. The molecule has 0 fully saturated rings. The van der Waals surface area contributed by atoms with Gasteiger partial charge in [0, 0.05) is 44.2 Å². The largest absolute Gasteiger partial charge is 0.456 e. The molecule has 0 atom stereocenters. The molecule has 0 saturated heterocycles. The molecule has 11 aromatic carbocycles. The SMILES string of the molecule is c1ccc(-c2ccccc2-c2cccc(N(c3ccc(-c4ccc(-c5cccc(-n6c7ccccc7c7ccccc76)c5)cc4)cc3)c3ccccc3-c3ccc4c(c3)oc3ccccc34)c2)cc1. The van der Waals surface area contributed by atoms with Gasteiger partial charge in [0.1, 0.15) is 11.2 Å². The summed E-state index contributed by atoms with van der Waals surface area (Å²) in [4.78, 5) is 2.39. The molecular formula is C66H44N2O. The van der Waals surface area contributed by atoms with Crippen LogP contribution in [0.4, 0.5) is 17.1 Å². The Morgan fingerprint density at radius 3 is 1.52 bits per heavy atom. The van der Waals surface area contributed by atoms with Gasteiger partial charge in [-0.2, -0.15) is 0 Å². The van der Waals surface area contributed by atoms with Crippen molar-refractivity contribution in [2.75, 3.05) is 4.90 Å². The summed E-state index contributed by atoms with van der Waals surface area (Å²) in [6.45, 7) is 0. The minimum absolute atomic E-state index is 0.876. The number of para-hydroxylation sites is 4. The average Bonchev–Trinajstić information content (AvgIpc) is 3.97. The van der Waals surface area contributed by atoms with E-state index in [1.54, 1.807) is 0 Å². The van der Waals surface area contributed by atoms with Crippen LogP contribution in [0, 0.1) is 0 Å². The van der Waals surface area contributed by atoms with Crippen LogP contribution in [0.2, 0.25) is 0 Å². The Balaban J connectivity index is 0.878. The summed E-state index contributed by atoms with van der Waals surface area (Å²) in [5, 5.41) is 4.77. The van der Waals surface area contributed by atoms with Gasteiger partial charge in [-0.25, -0.2) is 0 Å². The number of rotatable bonds is 9. The third kappa shape index (κ3) is 7.16. The molecule has 3 heteroatoms. The van der Waals surface area contributed by atoms with E-state index < -0.39 is 0 Å². The highest BCUT2D eigenvalue weighted by Gasteiger charge is 2.20. The van der Waals surface area contributed by atoms with Crippen LogP contribution in [0.25, 0.3) is 105 Å². The van der Waals surface area contributed by atoms with Crippen molar-refractivity contribution in [1.82, 2.24) is 4.57 Å². The van der Waals surface area contributed by atoms with Crippen molar-refractivity contribution >= 4 is 60.8 Å². The van der Waals surface area contributed by atoms with E-state index in [9.17, 15) is 0 Å². The fourth-order valence-corrected chi connectivity index (χ4v) is 10.3. The second kappa shape index (κ2) is 16.9. The first-order valence-corrected chi connectivity index (χ1v) is 23.6. The average molecular weight is 881 g/mol. The fourth-order valence-electron chi connectivity index (χ4n) is 10.3. The topological polar surface area (TPSA) is 21.3 Å². The van der Waals surface area contributed by atoms with Crippen molar-refractivity contribution in [3.8, 4) is 61.3 Å². The molecule has 0 radical (unpaired) electrons. The number of hydrogen-bond donors (Lipinski definition) is 0. The van der Waals surface area contributed by atoms with E-state index in [4.69, 9.17) is 4.42 Å². The molecule has 13 rings (SSSR count). The number of aromatic nitrogens is 1. The van der Waals surface area contributed by atoms with Gasteiger partial charge in [-0.05, 0) is 123 Å². The van der Waals surface area contributed by atoms with E-state index in [1.807, 2.05) is 12.1 Å². The number of anilines is 3. The lowest BCUT2D eigenvalue weighted by molar-refractivity contribution is 0.669. The van der Waals surface area contributed by atoms with Gasteiger partial charge in [0.05, 0.1) is 16.7 Å². The van der Waals surface area contributed by atoms with Crippen LogP contribution in [0.3, 0.4) is 0 Å². The van der Waals surface area contributed by atoms with Crippen LogP contribution >= 0.6 is 0 Å². The van der Waals surface area contributed by atoms with Gasteiger partial charge in [-0.3, -0.25) is 0 Å². The van der Waals surface area contributed by atoms with E-state index >= 15 is 0 Å². The lowest BCUT2D eigenvalue weighted by Gasteiger charge is -2.28. The lowest BCUT2D eigenvalue weighted by atomic mass is 9.94. The molecule has 0 N–H and O–H groups in total. The Morgan fingerprint density at radius 1 is 0.275 bits per heavy atom. The highest BCUT2D eigenvalue weighted by molar-refractivity contribution is 6.09. The van der Waals surface area contributed by atoms with Crippen LogP contribution in [0.5, 0.6) is 0 Å². The maximum atomic E-state index is 6.42. The molecule has 0 amide bonds. The van der Waals surface area contributed by atoms with Gasteiger partial charge in [-0.15, -0.1) is 0 Å². The van der Waals surface area contributed by atoms with Crippen molar-refractivity contribution in [2.24, 2.45) is 0 Å². The standard InChI is InChI=1S/C66H44N2O/c1-2-16-48(17-3-1)55-22-4-5-23-56(55)50-19-15-20-53(43-50)67(62-28-10-6-24-57(62)51-38-41-61-60-27-9-13-31-65(60)69-66(61)44-51)52-39-36-46(37-40-52)45-32-34-47(35-33-45)49-18-14-21-54(42-49)68-63-29-11-7-25-58(63)59-26-8-12-30-64(59)68/h1-44H. The minimum atomic E-state index is 0.876. The number of benzene rings is 11. The third-order valence-electron chi connectivity index (χ3n) is 13.6. The van der Waals surface area contributed by atoms with Crippen LogP contribution in [0.1, 0.15) is 0 Å². The maximum Gasteiger partial charge on any atom is 0.136 e. The smallest absolute Gasteiger partial charge is 0.136 e. The monoisotopic (exact) mass is 880 g/mol. The van der Waals surface area contributed by atoms with E-state index in [0.29, 0.717) is 0 Å². The molecule has 0 spiro atoms. The molecule has 0 saturated carbocycles. The molecule has 324 valence electrons. The molecule has 0 aliphatic carbocycles. The highest BCUT2D eigenvalue weighted by Crippen LogP contribution is 2.44. The molecule has 0 bridgehead atoms. The quantitative estimate of drug-likeness (QED) is 0.144. The predicted molar refractivity (Wildman–Crippen MR) is 290 cm³/mol. The van der Waals surface area contributed by atoms with Crippen LogP contribution < -0.4 is 4.90 Å². The number of fused-ring (bicyclic) bond motifs is 6. The highest BCUT2D eigenvalue weighted by atomic mass is 16.3. The zero-order valence-corrected chi connectivity index (χ0v) is 37.7. The fraction of sp³-hybridized carbons (Fsp3) is 0. The first-order valence-electron chi connectivity index (χ1n) is 23.6. The molecule has 69 heavy (non-hydrogen) atoms. The first kappa shape index (κ1) is 40.1. The van der Waals surface area contributed by atoms with E-state index in [0.717, 1.165) is 72.5 Å². The van der Waals surface area contributed by atoms with Crippen molar-refractivity contribution < 1.29 is 4.42 Å². The second-order valence-electron chi connectivity index (χ2n) is 17.7. The third-order valence-corrected chi connectivity index (χ3v) is 13.6. The summed E-state index contributed by atoms with van der Waals surface area (Å²) in [5.41, 5.74) is 20.1. The van der Waals surface area contributed by atoms with Gasteiger partial charge in [0.2, 0.25) is 0 Å². The molecule has 0 aliphatic heterocycles. The van der Waals surface area contributed by atoms with Crippen molar-refractivity contribution in [3.63, 3.8) is 0 Å². The van der Waals surface area contributed by atoms with Gasteiger partial charge in [0.25, 0.3) is 0 Å². The molecule has 0 unspecified atom stereocenters. The van der Waals surface area contributed by atoms with E-state index in [2.05, 4.69) is 264 Å². The van der Waals surface area contributed by atoms with Gasteiger partial charge < -0.3 is 13.9 Å². The maximum absolute atomic E-state index is 6.42. The minimum Gasteiger partial charge on any atom is -0.456 e. The van der Waals surface area contributed by atoms with E-state index in [1.165, 1.54) is 49.6 Å². The molecule has 2 aromatic heterocycles. The lowest BCUT2D eigenvalue weighted by Crippen LogP contribution is -2.11. The second-order valence-corrected chi connectivity index (χ2v) is 17.7. The van der Waals surface area contributed by atoms with Gasteiger partial charge >= 0.3 is 0 Å². The Hall–Kier alpha value is -9.18. The van der Waals surface area contributed by atoms with Crippen LogP contribution in [-0.4, -0.2) is 4.57 Å². The molecule has 13 aromatic rings. The Kier molecular flexibility index (Phi) is 9.84. The summed E-state index contributed by atoms with van der Waals surface area (Å²) < 4.78 is 8.80. The molecule has 3 nitrogen and oxygen atoms in total. The van der Waals surface area contributed by atoms with Crippen molar-refractivity contribution in [2.45, 2.75) is 0 Å². The summed E-state index contributed by atoms with van der Waals surface area (Å²) in [6.07, 6.45) is 0. The van der Waals surface area contributed by atoms with Crippen LogP contribution in [0.15, 0.2) is 271 Å². The Bertz CT molecular complexity index is 3960. The summed E-state index contributed by atoms with van der Waals surface area (Å²) in [5.74, 6) is 0. The van der Waals surface area contributed by atoms with Gasteiger partial charge in [-0.1, -0.05) is 194 Å². The normalized spacial score (nSPS) is 11.5. The number of furan rings is 1. The first-order chi connectivity index (χ1) is 34.2. The zero-order valence-electron chi connectivity index (χ0n) is 37.7. The number of nitrogens with zero attached hydrogens (tertiary/aromatic N) is 2. The predicted octanol–water partition coefficient (Wildman–Crippen LogP) is 18.5. The van der Waals surface area contributed by atoms with Crippen molar-refractivity contribution in [3.05, 3.63) is 267 Å². The zero-order chi connectivity index (χ0) is 45.7.